The lowest BCUT2D eigenvalue weighted by atomic mass is 10.2. The molecule has 0 unspecified atom stereocenters. The summed E-state index contributed by atoms with van der Waals surface area (Å²) in [7, 11) is 0. The Morgan fingerprint density at radius 3 is 2.61 bits per heavy atom. The highest BCUT2D eigenvalue weighted by molar-refractivity contribution is 9.10. The van der Waals surface area contributed by atoms with Crippen molar-refractivity contribution in [3.63, 3.8) is 0 Å². The Bertz CT molecular complexity index is 722. The maximum Gasteiger partial charge on any atom is 0.145 e. The Kier molecular flexibility index (Phi) is 2.56. The van der Waals surface area contributed by atoms with Crippen LogP contribution in [0, 0.1) is 5.82 Å². The zero-order chi connectivity index (χ0) is 12.7. The minimum atomic E-state index is -0.281. The molecule has 2 heterocycles. The van der Waals surface area contributed by atoms with Crippen molar-refractivity contribution in [2.24, 2.45) is 0 Å². The SMILES string of the molecule is Oc1ccn2c(-c3ccc(F)cc3)nc(Br)c2c1. The van der Waals surface area contributed by atoms with E-state index in [1.54, 1.807) is 30.5 Å². The van der Waals surface area contributed by atoms with Gasteiger partial charge >= 0.3 is 0 Å². The van der Waals surface area contributed by atoms with Crippen molar-refractivity contribution in [2.75, 3.05) is 0 Å². The van der Waals surface area contributed by atoms with Gasteiger partial charge in [0.1, 0.15) is 22.0 Å². The van der Waals surface area contributed by atoms with Crippen LogP contribution in [0.2, 0.25) is 0 Å². The van der Waals surface area contributed by atoms with E-state index in [0.717, 1.165) is 11.1 Å². The van der Waals surface area contributed by atoms with Gasteiger partial charge in [-0.3, -0.25) is 4.40 Å². The fourth-order valence-corrected chi connectivity index (χ4v) is 2.31. The van der Waals surface area contributed by atoms with Crippen molar-refractivity contribution in [2.45, 2.75) is 0 Å². The van der Waals surface area contributed by atoms with Gasteiger partial charge in [-0.15, -0.1) is 0 Å². The van der Waals surface area contributed by atoms with Crippen LogP contribution < -0.4 is 0 Å². The molecule has 0 saturated heterocycles. The van der Waals surface area contributed by atoms with Crippen molar-refractivity contribution in [3.05, 3.63) is 53.0 Å². The quantitative estimate of drug-likeness (QED) is 0.746. The average molecular weight is 307 g/mol. The summed E-state index contributed by atoms with van der Waals surface area (Å²) in [5.74, 6) is 0.585. The minimum Gasteiger partial charge on any atom is -0.508 e. The largest absolute Gasteiger partial charge is 0.508 e. The molecule has 0 aliphatic heterocycles. The smallest absolute Gasteiger partial charge is 0.145 e. The molecule has 0 atom stereocenters. The molecule has 2 aromatic heterocycles. The molecule has 0 bridgehead atoms. The van der Waals surface area contributed by atoms with Gasteiger partial charge in [0.15, 0.2) is 0 Å². The second-order valence-electron chi connectivity index (χ2n) is 3.87. The molecule has 90 valence electrons. The molecule has 0 aliphatic carbocycles. The molecule has 1 N–H and O–H groups in total. The standard InChI is InChI=1S/C13H8BrFN2O/c14-12-11-7-10(18)5-6-17(11)13(16-12)8-1-3-9(15)4-2-8/h1-7,18H. The number of pyridine rings is 1. The first kappa shape index (κ1) is 11.2. The maximum absolute atomic E-state index is 12.9. The van der Waals surface area contributed by atoms with E-state index in [-0.39, 0.29) is 11.6 Å². The lowest BCUT2D eigenvalue weighted by molar-refractivity contribution is 0.475. The molecular formula is C13H8BrFN2O. The third-order valence-corrected chi connectivity index (χ3v) is 3.27. The van der Waals surface area contributed by atoms with E-state index in [4.69, 9.17) is 0 Å². The number of nitrogens with zero attached hydrogens (tertiary/aromatic N) is 2. The molecule has 0 amide bonds. The van der Waals surface area contributed by atoms with E-state index >= 15 is 0 Å². The van der Waals surface area contributed by atoms with Crippen molar-refractivity contribution in [3.8, 4) is 17.1 Å². The predicted molar refractivity (Wildman–Crippen MR) is 70.0 cm³/mol. The highest BCUT2D eigenvalue weighted by Crippen LogP contribution is 2.28. The van der Waals surface area contributed by atoms with Gasteiger partial charge in [-0.25, -0.2) is 9.37 Å². The molecule has 0 fully saturated rings. The lowest BCUT2D eigenvalue weighted by Crippen LogP contribution is -1.88. The first-order valence-electron chi connectivity index (χ1n) is 5.27. The van der Waals surface area contributed by atoms with Crippen LogP contribution in [0.5, 0.6) is 5.75 Å². The van der Waals surface area contributed by atoms with E-state index in [0.29, 0.717) is 10.4 Å². The number of fused-ring (bicyclic) bond motifs is 1. The number of hydrogen-bond acceptors (Lipinski definition) is 2. The normalized spacial score (nSPS) is 11.0. The predicted octanol–water partition coefficient (Wildman–Crippen LogP) is 3.61. The Balaban J connectivity index is 2.26. The van der Waals surface area contributed by atoms with Gasteiger partial charge < -0.3 is 5.11 Å². The van der Waals surface area contributed by atoms with Crippen molar-refractivity contribution in [1.82, 2.24) is 9.38 Å². The van der Waals surface area contributed by atoms with E-state index in [1.807, 2.05) is 4.40 Å². The molecule has 0 saturated carbocycles. The number of halogens is 2. The molecule has 0 aliphatic rings. The topological polar surface area (TPSA) is 37.5 Å². The summed E-state index contributed by atoms with van der Waals surface area (Å²) in [6, 6.07) is 9.32. The molecule has 1 aromatic carbocycles. The number of rotatable bonds is 1. The summed E-state index contributed by atoms with van der Waals surface area (Å²) in [6.45, 7) is 0. The second-order valence-corrected chi connectivity index (χ2v) is 4.62. The van der Waals surface area contributed by atoms with Crippen LogP contribution in [0.25, 0.3) is 16.9 Å². The maximum atomic E-state index is 12.9. The highest BCUT2D eigenvalue weighted by atomic mass is 79.9. The van der Waals surface area contributed by atoms with E-state index < -0.39 is 0 Å². The summed E-state index contributed by atoms with van der Waals surface area (Å²) in [6.07, 6.45) is 1.72. The van der Waals surface area contributed by atoms with Gasteiger partial charge in [0, 0.05) is 17.8 Å². The monoisotopic (exact) mass is 306 g/mol. The van der Waals surface area contributed by atoms with Gasteiger partial charge in [-0.05, 0) is 46.3 Å². The summed E-state index contributed by atoms with van der Waals surface area (Å²) in [5.41, 5.74) is 1.57. The van der Waals surface area contributed by atoms with Crippen LogP contribution >= 0.6 is 15.9 Å². The number of aromatic nitrogens is 2. The molecular weight excluding hydrogens is 299 g/mol. The summed E-state index contributed by atoms with van der Waals surface area (Å²) >= 11 is 3.35. The Labute approximate surface area is 111 Å². The van der Waals surface area contributed by atoms with E-state index in [2.05, 4.69) is 20.9 Å². The van der Waals surface area contributed by atoms with Crippen molar-refractivity contribution in [1.29, 1.82) is 0 Å². The van der Waals surface area contributed by atoms with Gasteiger partial charge in [-0.1, -0.05) is 0 Å². The van der Waals surface area contributed by atoms with Crippen LogP contribution in [0.3, 0.4) is 0 Å². The van der Waals surface area contributed by atoms with Crippen LogP contribution in [0.15, 0.2) is 47.2 Å². The number of benzene rings is 1. The molecule has 3 nitrogen and oxygen atoms in total. The Hall–Kier alpha value is -1.88. The third-order valence-electron chi connectivity index (χ3n) is 2.68. The van der Waals surface area contributed by atoms with Crippen LogP contribution in [0.4, 0.5) is 4.39 Å². The molecule has 3 aromatic rings. The van der Waals surface area contributed by atoms with Gasteiger partial charge in [-0.2, -0.15) is 0 Å². The zero-order valence-corrected chi connectivity index (χ0v) is 10.7. The first-order chi connectivity index (χ1) is 8.65. The highest BCUT2D eigenvalue weighted by Gasteiger charge is 2.11. The van der Waals surface area contributed by atoms with Crippen molar-refractivity contribution < 1.29 is 9.50 Å². The summed E-state index contributed by atoms with van der Waals surface area (Å²) in [5, 5.41) is 9.46. The van der Waals surface area contributed by atoms with Gasteiger partial charge in [0.05, 0.1) is 5.52 Å². The van der Waals surface area contributed by atoms with E-state index in [1.165, 1.54) is 12.1 Å². The number of hydrogen-bond donors (Lipinski definition) is 1. The molecule has 0 radical (unpaired) electrons. The molecule has 3 rings (SSSR count). The van der Waals surface area contributed by atoms with Crippen LogP contribution in [-0.2, 0) is 0 Å². The van der Waals surface area contributed by atoms with Gasteiger partial charge in [0.2, 0.25) is 0 Å². The Morgan fingerprint density at radius 2 is 1.89 bits per heavy atom. The van der Waals surface area contributed by atoms with Crippen molar-refractivity contribution >= 4 is 21.4 Å². The van der Waals surface area contributed by atoms with E-state index in [9.17, 15) is 9.50 Å². The fourth-order valence-electron chi connectivity index (χ4n) is 1.84. The van der Waals surface area contributed by atoms with Crippen LogP contribution in [-0.4, -0.2) is 14.5 Å². The van der Waals surface area contributed by atoms with Crippen LogP contribution in [0.1, 0.15) is 0 Å². The number of aromatic hydroxyl groups is 1. The molecule has 18 heavy (non-hydrogen) atoms. The van der Waals surface area contributed by atoms with Gasteiger partial charge in [0.25, 0.3) is 0 Å². The minimum absolute atomic E-state index is 0.175. The summed E-state index contributed by atoms with van der Waals surface area (Å²) in [4.78, 5) is 4.38. The second kappa shape index (κ2) is 4.10. The Morgan fingerprint density at radius 1 is 1.17 bits per heavy atom. The lowest BCUT2D eigenvalue weighted by Gasteiger charge is -2.01. The summed E-state index contributed by atoms with van der Waals surface area (Å²) < 4.78 is 15.4. The third kappa shape index (κ3) is 1.76. The zero-order valence-electron chi connectivity index (χ0n) is 9.14. The molecule has 5 heteroatoms. The fraction of sp³-hybridized carbons (Fsp3) is 0. The molecule has 0 spiro atoms. The average Bonchev–Trinajstić information content (AvgIpc) is 2.68. The first-order valence-corrected chi connectivity index (χ1v) is 6.07. The number of imidazole rings is 1.